The topological polar surface area (TPSA) is 109 Å². The van der Waals surface area contributed by atoms with Gasteiger partial charge >= 0.3 is 0 Å². The van der Waals surface area contributed by atoms with Crippen LogP contribution in [-0.4, -0.2) is 33.8 Å². The molecule has 11 heteroatoms. The molecule has 7 nitrogen and oxygen atoms in total. The fraction of sp³-hybridized carbons (Fsp3) is 0.300. The zero-order valence-electron chi connectivity index (χ0n) is 16.5. The molecule has 2 heterocycles. The Morgan fingerprint density at radius 1 is 1.32 bits per heavy atom. The number of fused-ring (bicyclic) bond motifs is 1. The number of aliphatic imine (C=N–C) groups is 1. The minimum atomic E-state index is -1.29. The highest BCUT2D eigenvalue weighted by Gasteiger charge is 2.70. The van der Waals surface area contributed by atoms with Crippen molar-refractivity contribution in [2.75, 3.05) is 12.4 Å². The first kappa shape index (κ1) is 21.5. The summed E-state index contributed by atoms with van der Waals surface area (Å²) in [5.41, 5.74) is 4.67. The summed E-state index contributed by atoms with van der Waals surface area (Å²) >= 11 is 6.90. The van der Waals surface area contributed by atoms with Crippen LogP contribution in [0.3, 0.4) is 0 Å². The van der Waals surface area contributed by atoms with Crippen LogP contribution in [0.2, 0.25) is 5.02 Å². The van der Waals surface area contributed by atoms with Crippen LogP contribution in [0.5, 0.6) is 0 Å². The lowest BCUT2D eigenvalue weighted by molar-refractivity contribution is -0.121. The summed E-state index contributed by atoms with van der Waals surface area (Å²) < 4.78 is 28.5. The van der Waals surface area contributed by atoms with Crippen LogP contribution in [0.15, 0.2) is 35.5 Å². The zero-order valence-corrected chi connectivity index (χ0v) is 18.1. The molecule has 2 amide bonds. The molecule has 4 rings (SSSR count). The minimum absolute atomic E-state index is 0.0232. The van der Waals surface area contributed by atoms with Crippen molar-refractivity contribution in [2.45, 2.75) is 23.6 Å². The molecule has 4 N–H and O–H groups in total. The number of hydrogen-bond acceptors (Lipinski definition) is 6. The number of rotatable bonds is 4. The average Bonchev–Trinajstić information content (AvgIpc) is 3.47. The fourth-order valence-corrected chi connectivity index (χ4v) is 5.55. The van der Waals surface area contributed by atoms with E-state index in [2.05, 4.69) is 20.6 Å². The van der Waals surface area contributed by atoms with Gasteiger partial charge in [-0.1, -0.05) is 23.4 Å². The van der Waals surface area contributed by atoms with E-state index in [-0.39, 0.29) is 28.0 Å². The highest BCUT2D eigenvalue weighted by Crippen LogP contribution is 2.66. The number of anilines is 1. The number of carbonyl (C=O) groups is 2. The summed E-state index contributed by atoms with van der Waals surface area (Å²) in [5.74, 6) is -3.52. The molecule has 1 aliphatic carbocycles. The predicted molar refractivity (Wildman–Crippen MR) is 115 cm³/mol. The second-order valence-corrected chi connectivity index (χ2v) is 9.35. The van der Waals surface area contributed by atoms with Crippen LogP contribution < -0.4 is 16.4 Å². The second kappa shape index (κ2) is 7.45. The molecule has 1 aliphatic heterocycles. The molecule has 2 aromatic rings. The third-order valence-corrected chi connectivity index (χ3v) is 7.15. The van der Waals surface area contributed by atoms with Gasteiger partial charge in [-0.05, 0) is 31.5 Å². The van der Waals surface area contributed by atoms with Gasteiger partial charge in [0.2, 0.25) is 5.91 Å². The Kier molecular flexibility index (Phi) is 5.17. The Labute approximate surface area is 185 Å². The Bertz CT molecular complexity index is 1130. The first-order valence-electron chi connectivity index (χ1n) is 9.29. The molecule has 2 aliphatic rings. The molecular formula is C20H18ClF2N5O2S. The number of nitrogens with one attached hydrogen (secondary N) is 2. The maximum Gasteiger partial charge on any atom is 0.274 e. The summed E-state index contributed by atoms with van der Waals surface area (Å²) in [7, 11) is 1.51. The van der Waals surface area contributed by atoms with Crippen molar-refractivity contribution in [3.05, 3.63) is 58.4 Å². The van der Waals surface area contributed by atoms with Crippen molar-refractivity contribution >= 4 is 46.0 Å². The number of carbonyl (C=O) groups excluding carboxylic acids is 2. The lowest BCUT2D eigenvalue weighted by Crippen LogP contribution is -2.43. The largest absolute Gasteiger partial charge is 0.378 e. The van der Waals surface area contributed by atoms with Crippen LogP contribution in [0.25, 0.3) is 0 Å². The molecule has 1 aromatic heterocycles. The van der Waals surface area contributed by atoms with Crippen molar-refractivity contribution in [3.63, 3.8) is 0 Å². The molecule has 0 unspecified atom stereocenters. The number of amides is 2. The van der Waals surface area contributed by atoms with Crippen molar-refractivity contribution in [1.29, 1.82) is 0 Å². The number of nitrogens with zero attached hydrogens (tertiary/aromatic N) is 2. The van der Waals surface area contributed by atoms with Crippen LogP contribution in [0.1, 0.15) is 29.4 Å². The van der Waals surface area contributed by atoms with E-state index in [4.69, 9.17) is 17.3 Å². The average molecular weight is 466 g/mol. The molecule has 1 aromatic carbocycles. The summed E-state index contributed by atoms with van der Waals surface area (Å²) in [6, 6.07) is 5.08. The Balaban J connectivity index is 1.71. The smallest absolute Gasteiger partial charge is 0.274 e. The number of benzene rings is 1. The minimum Gasteiger partial charge on any atom is -0.378 e. The van der Waals surface area contributed by atoms with E-state index in [1.54, 1.807) is 6.92 Å². The standard InChI is InChI=1S/C20H18ClF2N5O2S/c1-19(14-7-20(14,17(30)25-2)31-18(24)28-19)11-5-10(6-12(22)15(11)23)27-16(29)13-4-3-9(21)8-26-13/h3-6,8,14H,7H2,1-2H3,(H2,24,28)(H,25,30)(H,27,29)/t14-,19+,20-/m0/s1. The van der Waals surface area contributed by atoms with Crippen molar-refractivity contribution < 1.29 is 18.4 Å². The van der Waals surface area contributed by atoms with E-state index in [9.17, 15) is 18.4 Å². The van der Waals surface area contributed by atoms with Gasteiger partial charge in [0, 0.05) is 36.5 Å². The first-order chi connectivity index (χ1) is 14.6. The summed E-state index contributed by atoms with van der Waals surface area (Å²) in [6.45, 7) is 1.61. The highest BCUT2D eigenvalue weighted by atomic mass is 35.5. The van der Waals surface area contributed by atoms with Gasteiger partial charge in [0.05, 0.1) is 10.6 Å². The Hall–Kier alpha value is -2.72. The van der Waals surface area contributed by atoms with E-state index in [0.717, 1.165) is 17.8 Å². The van der Waals surface area contributed by atoms with Gasteiger partial charge in [0.15, 0.2) is 16.8 Å². The predicted octanol–water partition coefficient (Wildman–Crippen LogP) is 3.05. The van der Waals surface area contributed by atoms with Gasteiger partial charge in [-0.15, -0.1) is 0 Å². The van der Waals surface area contributed by atoms with E-state index in [0.29, 0.717) is 11.4 Å². The molecular weight excluding hydrogens is 448 g/mol. The number of hydrogen-bond donors (Lipinski definition) is 3. The lowest BCUT2D eigenvalue weighted by Gasteiger charge is -2.33. The van der Waals surface area contributed by atoms with Gasteiger partial charge in [-0.3, -0.25) is 14.6 Å². The number of aromatic nitrogens is 1. The van der Waals surface area contributed by atoms with E-state index in [1.807, 2.05) is 0 Å². The Morgan fingerprint density at radius 3 is 2.71 bits per heavy atom. The summed E-state index contributed by atoms with van der Waals surface area (Å²) in [4.78, 5) is 33.2. The molecule has 1 fully saturated rings. The van der Waals surface area contributed by atoms with Gasteiger partial charge in [-0.2, -0.15) is 0 Å². The van der Waals surface area contributed by atoms with Crippen LogP contribution in [0.4, 0.5) is 14.5 Å². The van der Waals surface area contributed by atoms with Gasteiger partial charge in [-0.25, -0.2) is 13.8 Å². The highest BCUT2D eigenvalue weighted by molar-refractivity contribution is 8.15. The number of halogens is 3. The van der Waals surface area contributed by atoms with Crippen LogP contribution in [0, 0.1) is 17.6 Å². The normalized spacial score (nSPS) is 26.5. The van der Waals surface area contributed by atoms with Crippen molar-refractivity contribution in [3.8, 4) is 0 Å². The van der Waals surface area contributed by atoms with Crippen LogP contribution >= 0.6 is 23.4 Å². The Morgan fingerprint density at radius 2 is 2.06 bits per heavy atom. The van der Waals surface area contributed by atoms with Crippen molar-refractivity contribution in [2.24, 2.45) is 16.6 Å². The fourth-order valence-electron chi connectivity index (χ4n) is 4.02. The number of pyridine rings is 1. The molecule has 0 bridgehead atoms. The number of nitrogens with two attached hydrogens (primary N) is 1. The lowest BCUT2D eigenvalue weighted by atomic mass is 9.85. The molecule has 1 saturated carbocycles. The third-order valence-electron chi connectivity index (χ3n) is 5.62. The first-order valence-corrected chi connectivity index (χ1v) is 10.5. The molecule has 31 heavy (non-hydrogen) atoms. The quantitative estimate of drug-likeness (QED) is 0.643. The van der Waals surface area contributed by atoms with Gasteiger partial charge in [0.1, 0.15) is 10.4 Å². The monoisotopic (exact) mass is 465 g/mol. The molecule has 3 atom stereocenters. The summed E-state index contributed by atoms with van der Waals surface area (Å²) in [6.07, 6.45) is 1.71. The maximum absolute atomic E-state index is 14.9. The van der Waals surface area contributed by atoms with Crippen LogP contribution in [-0.2, 0) is 10.3 Å². The summed E-state index contributed by atoms with van der Waals surface area (Å²) in [5, 5.41) is 5.58. The third kappa shape index (κ3) is 3.53. The SMILES string of the molecule is CNC(=O)[C@]12C[C@H]1[C@@](C)(c1cc(NC(=O)c3ccc(Cl)cn3)cc(F)c1F)N=C(N)S2. The maximum atomic E-state index is 14.9. The zero-order chi connectivity index (χ0) is 22.6. The number of thioether (sulfide) groups is 1. The molecule has 0 saturated heterocycles. The van der Waals surface area contributed by atoms with E-state index < -0.39 is 33.7 Å². The number of amidine groups is 1. The van der Waals surface area contributed by atoms with Crippen molar-refractivity contribution in [1.82, 2.24) is 10.3 Å². The molecule has 162 valence electrons. The van der Waals surface area contributed by atoms with Gasteiger partial charge in [0.25, 0.3) is 5.91 Å². The molecule has 0 radical (unpaired) electrons. The van der Waals surface area contributed by atoms with E-state index in [1.165, 1.54) is 31.4 Å². The van der Waals surface area contributed by atoms with E-state index >= 15 is 0 Å². The second-order valence-electron chi connectivity index (χ2n) is 7.56. The van der Waals surface area contributed by atoms with Gasteiger partial charge < -0.3 is 16.4 Å². The molecule has 0 spiro atoms.